The number of thiol groups is 1. The number of benzene rings is 3. The van der Waals surface area contributed by atoms with Gasteiger partial charge in [-0.05, 0) is 55.2 Å². The van der Waals surface area contributed by atoms with Gasteiger partial charge in [0.2, 0.25) is 11.8 Å². The predicted octanol–water partition coefficient (Wildman–Crippen LogP) is 5.41. The first-order chi connectivity index (χ1) is 21.8. The minimum absolute atomic E-state index is 0.0897. The Morgan fingerprint density at radius 2 is 1.70 bits per heavy atom. The highest BCUT2D eigenvalue weighted by Crippen LogP contribution is 2.34. The number of nitrogens with one attached hydrogen (secondary N) is 2. The zero-order chi connectivity index (χ0) is 33.9. The Labute approximate surface area is 286 Å². The first kappa shape index (κ1) is 37.4. The standard InChI is InChI=1S/C33H39Cl2N3O6S2/c1-3-4-12-32(41)38(16-15-31(40)36-20-26(45)18-23-8-7-9-25(34)17-23)21-24-13-14-27(29(35)19-24)28-10-5-6-11-30(28)46(43,44)37-33(42)22(2)39/h5-11,13-14,17,19,22,26,39,45H,3-4,12,15-16,18,20-21H2,1-2H3,(H,36,40)(H,37,42)/t22-,26+/m0/s1. The minimum atomic E-state index is -4.31. The number of halogens is 2. The topological polar surface area (TPSA) is 133 Å². The van der Waals surface area contributed by atoms with E-state index in [-0.39, 0.29) is 52.1 Å². The van der Waals surface area contributed by atoms with E-state index in [2.05, 4.69) is 17.9 Å². The van der Waals surface area contributed by atoms with E-state index in [9.17, 15) is 27.9 Å². The monoisotopic (exact) mass is 707 g/mol. The van der Waals surface area contributed by atoms with Crippen LogP contribution in [0.15, 0.2) is 71.6 Å². The number of hydrogen-bond donors (Lipinski definition) is 4. The van der Waals surface area contributed by atoms with Crippen LogP contribution in [0.2, 0.25) is 10.0 Å². The minimum Gasteiger partial charge on any atom is -0.384 e. The van der Waals surface area contributed by atoms with Crippen LogP contribution < -0.4 is 10.0 Å². The number of aliphatic hydroxyl groups is 1. The second-order valence-electron chi connectivity index (χ2n) is 10.9. The van der Waals surface area contributed by atoms with Crippen LogP contribution in [0.5, 0.6) is 0 Å². The second kappa shape index (κ2) is 17.7. The summed E-state index contributed by atoms with van der Waals surface area (Å²) in [6.07, 6.45) is 1.11. The largest absolute Gasteiger partial charge is 0.384 e. The third-order valence-electron chi connectivity index (χ3n) is 7.09. The zero-order valence-electron chi connectivity index (χ0n) is 25.7. The second-order valence-corrected chi connectivity index (χ2v) is 14.1. The Morgan fingerprint density at radius 1 is 0.957 bits per heavy atom. The summed E-state index contributed by atoms with van der Waals surface area (Å²) in [7, 11) is -4.31. The fourth-order valence-electron chi connectivity index (χ4n) is 4.63. The SMILES string of the molecule is CCCCC(=O)N(CCC(=O)NC[C@H](S)Cc1cccc(Cl)c1)Cc1ccc(-c2ccccc2S(=O)(=O)NC(=O)[C@H](C)O)c(Cl)c1. The normalized spacial score (nSPS) is 12.7. The van der Waals surface area contributed by atoms with Gasteiger partial charge < -0.3 is 15.3 Å². The summed E-state index contributed by atoms with van der Waals surface area (Å²) in [5, 5.41) is 13.1. The van der Waals surface area contributed by atoms with E-state index in [1.165, 1.54) is 12.1 Å². The van der Waals surface area contributed by atoms with Crippen molar-refractivity contribution in [3.63, 3.8) is 0 Å². The van der Waals surface area contributed by atoms with Crippen LogP contribution in [0.1, 0.15) is 50.7 Å². The van der Waals surface area contributed by atoms with Crippen LogP contribution in [0.4, 0.5) is 0 Å². The highest BCUT2D eigenvalue weighted by atomic mass is 35.5. The molecule has 3 amide bonds. The Bertz CT molecular complexity index is 1640. The summed E-state index contributed by atoms with van der Waals surface area (Å²) in [4.78, 5) is 39.2. The lowest BCUT2D eigenvalue weighted by Crippen LogP contribution is -2.37. The average molecular weight is 709 g/mol. The van der Waals surface area contributed by atoms with Gasteiger partial charge in [0.25, 0.3) is 15.9 Å². The summed E-state index contributed by atoms with van der Waals surface area (Å²) in [6.45, 7) is 3.91. The van der Waals surface area contributed by atoms with Gasteiger partial charge in [0, 0.05) is 58.9 Å². The number of unbranched alkanes of at least 4 members (excludes halogenated alkanes) is 1. The number of nitrogens with zero attached hydrogens (tertiary/aromatic N) is 1. The molecule has 2 atom stereocenters. The van der Waals surface area contributed by atoms with Crippen LogP contribution in [0.25, 0.3) is 11.1 Å². The number of sulfonamides is 1. The number of hydrogen-bond acceptors (Lipinski definition) is 7. The average Bonchev–Trinajstić information content (AvgIpc) is 3.00. The van der Waals surface area contributed by atoms with Gasteiger partial charge in [0.05, 0.1) is 4.90 Å². The van der Waals surface area contributed by atoms with E-state index < -0.39 is 22.0 Å². The molecule has 3 aromatic carbocycles. The summed E-state index contributed by atoms with van der Waals surface area (Å²) in [5.74, 6) is -1.35. The Balaban J connectivity index is 1.70. The molecule has 9 nitrogen and oxygen atoms in total. The number of carbonyl (C=O) groups excluding carboxylic acids is 3. The van der Waals surface area contributed by atoms with Crippen LogP contribution in [-0.4, -0.2) is 60.6 Å². The molecule has 0 spiro atoms. The van der Waals surface area contributed by atoms with Crippen molar-refractivity contribution >= 4 is 63.6 Å². The van der Waals surface area contributed by atoms with E-state index in [0.717, 1.165) is 18.9 Å². The number of rotatable bonds is 16. The quantitative estimate of drug-likeness (QED) is 0.147. The highest BCUT2D eigenvalue weighted by Gasteiger charge is 2.25. The molecule has 0 heterocycles. The van der Waals surface area contributed by atoms with Crippen molar-refractivity contribution in [3.8, 4) is 11.1 Å². The van der Waals surface area contributed by atoms with Crippen molar-refractivity contribution in [3.05, 3.63) is 87.9 Å². The third kappa shape index (κ3) is 11.3. The molecule has 3 rings (SSSR count). The molecular formula is C33H39Cl2N3O6S2. The van der Waals surface area contributed by atoms with Crippen molar-refractivity contribution in [1.82, 2.24) is 14.9 Å². The molecule has 0 saturated heterocycles. The van der Waals surface area contributed by atoms with E-state index in [1.807, 2.05) is 29.8 Å². The van der Waals surface area contributed by atoms with Crippen molar-refractivity contribution in [2.24, 2.45) is 0 Å². The fraction of sp³-hybridized carbons (Fsp3) is 0.364. The van der Waals surface area contributed by atoms with Crippen LogP contribution >= 0.6 is 35.8 Å². The smallest absolute Gasteiger partial charge is 0.264 e. The molecule has 0 bridgehead atoms. The lowest BCUT2D eigenvalue weighted by molar-refractivity contribution is -0.132. The summed E-state index contributed by atoms with van der Waals surface area (Å²) in [5.41, 5.74) is 2.37. The molecule has 0 aromatic heterocycles. The van der Waals surface area contributed by atoms with E-state index in [0.29, 0.717) is 42.0 Å². The molecule has 0 fully saturated rings. The first-order valence-corrected chi connectivity index (χ1v) is 17.7. The van der Waals surface area contributed by atoms with Crippen molar-refractivity contribution in [1.29, 1.82) is 0 Å². The lowest BCUT2D eigenvalue weighted by Gasteiger charge is -2.23. The van der Waals surface area contributed by atoms with E-state index in [4.69, 9.17) is 23.2 Å². The van der Waals surface area contributed by atoms with Crippen LogP contribution in [0, 0.1) is 0 Å². The van der Waals surface area contributed by atoms with Gasteiger partial charge in [-0.25, -0.2) is 13.1 Å². The predicted molar refractivity (Wildman–Crippen MR) is 184 cm³/mol. The number of amides is 3. The lowest BCUT2D eigenvalue weighted by atomic mass is 10.0. The maximum absolute atomic E-state index is 13.1. The molecule has 248 valence electrons. The zero-order valence-corrected chi connectivity index (χ0v) is 28.9. The first-order valence-electron chi connectivity index (χ1n) is 14.9. The molecule has 0 aliphatic rings. The van der Waals surface area contributed by atoms with Gasteiger partial charge >= 0.3 is 0 Å². The van der Waals surface area contributed by atoms with Gasteiger partial charge in [0.15, 0.2) is 0 Å². The molecule has 0 aliphatic carbocycles. The van der Waals surface area contributed by atoms with Gasteiger partial charge in [0.1, 0.15) is 6.10 Å². The Kier molecular flexibility index (Phi) is 14.4. The van der Waals surface area contributed by atoms with Crippen molar-refractivity contribution in [2.75, 3.05) is 13.1 Å². The molecule has 3 aromatic rings. The molecule has 0 unspecified atom stereocenters. The number of aliphatic hydroxyl groups excluding tert-OH is 1. The maximum Gasteiger partial charge on any atom is 0.264 e. The molecule has 3 N–H and O–H groups in total. The molecule has 13 heteroatoms. The van der Waals surface area contributed by atoms with Crippen molar-refractivity contribution < 1.29 is 27.9 Å². The van der Waals surface area contributed by atoms with Gasteiger partial charge in [-0.15, -0.1) is 0 Å². The van der Waals surface area contributed by atoms with Gasteiger partial charge in [-0.2, -0.15) is 12.6 Å². The van der Waals surface area contributed by atoms with E-state index >= 15 is 0 Å². The molecule has 0 saturated carbocycles. The molecule has 0 radical (unpaired) electrons. The highest BCUT2D eigenvalue weighted by molar-refractivity contribution is 7.90. The van der Waals surface area contributed by atoms with Gasteiger partial charge in [-0.3, -0.25) is 14.4 Å². The molecule has 46 heavy (non-hydrogen) atoms. The van der Waals surface area contributed by atoms with Gasteiger partial charge in [-0.1, -0.05) is 79.0 Å². The molecule has 0 aliphatic heterocycles. The summed E-state index contributed by atoms with van der Waals surface area (Å²) in [6, 6.07) is 18.6. The third-order valence-corrected chi connectivity index (χ3v) is 9.41. The summed E-state index contributed by atoms with van der Waals surface area (Å²) < 4.78 is 27.8. The summed E-state index contributed by atoms with van der Waals surface area (Å²) >= 11 is 17.3. The van der Waals surface area contributed by atoms with Crippen LogP contribution in [-0.2, 0) is 37.4 Å². The molecular weight excluding hydrogens is 669 g/mol. The Hall–Kier alpha value is -3.09. The van der Waals surface area contributed by atoms with E-state index in [1.54, 1.807) is 41.3 Å². The fourth-order valence-corrected chi connectivity index (χ4v) is 6.73. The van der Waals surface area contributed by atoms with Crippen LogP contribution in [0.3, 0.4) is 0 Å². The van der Waals surface area contributed by atoms with Crippen molar-refractivity contribution in [2.45, 2.75) is 68.7 Å². The Morgan fingerprint density at radius 3 is 2.37 bits per heavy atom. The number of carbonyl (C=O) groups is 3. The maximum atomic E-state index is 13.1.